The van der Waals surface area contributed by atoms with Crippen LogP contribution in [0.2, 0.25) is 0 Å². The van der Waals surface area contributed by atoms with Gasteiger partial charge in [0.05, 0.1) is 16.6 Å². The first-order valence-corrected chi connectivity index (χ1v) is 6.34. The van der Waals surface area contributed by atoms with E-state index >= 15 is 0 Å². The molecule has 0 saturated heterocycles. The number of para-hydroxylation sites is 1. The summed E-state index contributed by atoms with van der Waals surface area (Å²) < 4.78 is 1.63. The van der Waals surface area contributed by atoms with Gasteiger partial charge in [0.25, 0.3) is 0 Å². The second-order valence-electron chi connectivity index (χ2n) is 5.10. The molecule has 3 N–H and O–H groups in total. The molecule has 0 aliphatic rings. The number of carbonyl (C=O) groups is 2. The molecule has 2 rings (SSSR count). The second-order valence-corrected chi connectivity index (χ2v) is 5.10. The lowest BCUT2D eigenvalue weighted by Crippen LogP contribution is -2.31. The quantitative estimate of drug-likeness (QED) is 0.887. The predicted molar refractivity (Wildman–Crippen MR) is 74.5 cm³/mol. The number of aromatic carboxylic acids is 1. The maximum Gasteiger partial charge on any atom is 0.337 e. The standard InChI is InChI=1S/C14H17N3O3/c1-7(2)11(13(15)18)17-8(3)16-10-6-4-5-9(12(10)17)14(19)20/h4-7,11H,1-3H3,(H2,15,18)(H,19,20). The fourth-order valence-corrected chi connectivity index (χ4v) is 2.53. The Bertz CT molecular complexity index is 688. The third-order valence-electron chi connectivity index (χ3n) is 3.32. The van der Waals surface area contributed by atoms with Crippen LogP contribution in [0.1, 0.15) is 36.1 Å². The van der Waals surface area contributed by atoms with Gasteiger partial charge in [-0.15, -0.1) is 0 Å². The molecule has 2 aromatic rings. The van der Waals surface area contributed by atoms with E-state index in [1.165, 1.54) is 6.07 Å². The van der Waals surface area contributed by atoms with Gasteiger partial charge in [0.1, 0.15) is 11.9 Å². The number of carboxylic acid groups (broad SMARTS) is 1. The van der Waals surface area contributed by atoms with E-state index in [4.69, 9.17) is 5.73 Å². The van der Waals surface area contributed by atoms with Gasteiger partial charge in [0.15, 0.2) is 0 Å². The Morgan fingerprint density at radius 3 is 2.50 bits per heavy atom. The fourth-order valence-electron chi connectivity index (χ4n) is 2.53. The van der Waals surface area contributed by atoms with Crippen molar-refractivity contribution in [3.8, 4) is 0 Å². The van der Waals surface area contributed by atoms with Crippen LogP contribution in [0.25, 0.3) is 11.0 Å². The minimum Gasteiger partial charge on any atom is -0.478 e. The maximum atomic E-state index is 11.7. The number of hydrogen-bond donors (Lipinski definition) is 2. The summed E-state index contributed by atoms with van der Waals surface area (Å²) in [6, 6.07) is 4.24. The molecule has 106 valence electrons. The van der Waals surface area contributed by atoms with E-state index in [2.05, 4.69) is 4.98 Å². The van der Waals surface area contributed by atoms with Gasteiger partial charge in [-0.25, -0.2) is 9.78 Å². The number of amides is 1. The first-order chi connectivity index (χ1) is 9.34. The number of carbonyl (C=O) groups excluding carboxylic acids is 1. The Labute approximate surface area is 116 Å². The third kappa shape index (κ3) is 2.13. The van der Waals surface area contributed by atoms with Crippen molar-refractivity contribution >= 4 is 22.9 Å². The van der Waals surface area contributed by atoms with Crippen molar-refractivity contribution in [2.45, 2.75) is 26.8 Å². The number of nitrogens with zero attached hydrogens (tertiary/aromatic N) is 2. The molecule has 1 atom stereocenters. The summed E-state index contributed by atoms with van der Waals surface area (Å²) in [6.07, 6.45) is 0. The third-order valence-corrected chi connectivity index (χ3v) is 3.32. The Morgan fingerprint density at radius 2 is 2.00 bits per heavy atom. The highest BCUT2D eigenvalue weighted by molar-refractivity contribution is 6.01. The number of primary amides is 1. The first-order valence-electron chi connectivity index (χ1n) is 6.34. The van der Waals surface area contributed by atoms with E-state index in [-0.39, 0.29) is 11.5 Å². The summed E-state index contributed by atoms with van der Waals surface area (Å²) in [5.74, 6) is -1.04. The van der Waals surface area contributed by atoms with Crippen LogP contribution in [0.4, 0.5) is 0 Å². The Kier molecular flexibility index (Phi) is 3.48. The van der Waals surface area contributed by atoms with E-state index in [1.54, 1.807) is 23.6 Å². The molecule has 1 heterocycles. The van der Waals surface area contributed by atoms with Gasteiger partial charge in [-0.2, -0.15) is 0 Å². The molecule has 1 unspecified atom stereocenters. The van der Waals surface area contributed by atoms with Crippen molar-refractivity contribution in [3.63, 3.8) is 0 Å². The zero-order chi connectivity index (χ0) is 15.0. The highest BCUT2D eigenvalue weighted by Crippen LogP contribution is 2.28. The predicted octanol–water partition coefficient (Wildman–Crippen LogP) is 1.73. The molecule has 1 aromatic carbocycles. The normalized spacial score (nSPS) is 12.8. The topological polar surface area (TPSA) is 98.2 Å². The molecule has 0 radical (unpaired) electrons. The minimum atomic E-state index is -1.05. The van der Waals surface area contributed by atoms with Gasteiger partial charge in [0.2, 0.25) is 5.91 Å². The molecule has 0 saturated carbocycles. The van der Waals surface area contributed by atoms with Crippen LogP contribution in [0.5, 0.6) is 0 Å². The lowest BCUT2D eigenvalue weighted by molar-refractivity contribution is -0.122. The molecule has 0 aliphatic carbocycles. The maximum absolute atomic E-state index is 11.7. The van der Waals surface area contributed by atoms with Gasteiger partial charge in [-0.1, -0.05) is 19.9 Å². The van der Waals surface area contributed by atoms with Crippen molar-refractivity contribution in [2.75, 3.05) is 0 Å². The van der Waals surface area contributed by atoms with Crippen molar-refractivity contribution < 1.29 is 14.7 Å². The van der Waals surface area contributed by atoms with Crippen LogP contribution in [-0.4, -0.2) is 26.5 Å². The summed E-state index contributed by atoms with van der Waals surface area (Å²) >= 11 is 0. The molecule has 0 fully saturated rings. The number of imidazole rings is 1. The van der Waals surface area contributed by atoms with E-state index in [0.29, 0.717) is 16.9 Å². The highest BCUT2D eigenvalue weighted by Gasteiger charge is 2.27. The summed E-state index contributed by atoms with van der Waals surface area (Å²) in [4.78, 5) is 27.5. The number of aryl methyl sites for hydroxylation is 1. The lowest BCUT2D eigenvalue weighted by Gasteiger charge is -2.21. The van der Waals surface area contributed by atoms with Crippen molar-refractivity contribution in [1.82, 2.24) is 9.55 Å². The van der Waals surface area contributed by atoms with Gasteiger partial charge < -0.3 is 15.4 Å². The van der Waals surface area contributed by atoms with E-state index in [1.807, 2.05) is 13.8 Å². The van der Waals surface area contributed by atoms with Gasteiger partial charge in [0, 0.05) is 0 Å². The zero-order valence-electron chi connectivity index (χ0n) is 11.6. The van der Waals surface area contributed by atoms with E-state index < -0.39 is 17.9 Å². The average molecular weight is 275 g/mol. The first kappa shape index (κ1) is 14.0. The number of aromatic nitrogens is 2. The molecule has 0 aliphatic heterocycles. The summed E-state index contributed by atoms with van der Waals surface area (Å²) in [6.45, 7) is 5.47. The largest absolute Gasteiger partial charge is 0.478 e. The molecule has 6 nitrogen and oxygen atoms in total. The van der Waals surface area contributed by atoms with Crippen LogP contribution < -0.4 is 5.73 Å². The van der Waals surface area contributed by atoms with Gasteiger partial charge >= 0.3 is 5.97 Å². The van der Waals surface area contributed by atoms with Crippen LogP contribution in [0, 0.1) is 12.8 Å². The van der Waals surface area contributed by atoms with Crippen molar-refractivity contribution in [1.29, 1.82) is 0 Å². The van der Waals surface area contributed by atoms with E-state index in [9.17, 15) is 14.7 Å². The highest BCUT2D eigenvalue weighted by atomic mass is 16.4. The van der Waals surface area contributed by atoms with Crippen molar-refractivity contribution in [3.05, 3.63) is 29.6 Å². The number of rotatable bonds is 4. The second kappa shape index (κ2) is 4.96. The molecular weight excluding hydrogens is 258 g/mol. The minimum absolute atomic E-state index is 0.0644. The number of nitrogens with two attached hydrogens (primary N) is 1. The molecule has 1 amide bonds. The molecule has 6 heteroatoms. The smallest absolute Gasteiger partial charge is 0.337 e. The molecule has 20 heavy (non-hydrogen) atoms. The zero-order valence-corrected chi connectivity index (χ0v) is 11.6. The molecule has 0 bridgehead atoms. The Balaban J connectivity index is 2.84. The van der Waals surface area contributed by atoms with E-state index in [0.717, 1.165) is 0 Å². The lowest BCUT2D eigenvalue weighted by atomic mass is 10.0. The van der Waals surface area contributed by atoms with Crippen LogP contribution in [-0.2, 0) is 4.79 Å². The number of hydrogen-bond acceptors (Lipinski definition) is 3. The van der Waals surface area contributed by atoms with Gasteiger partial charge in [-0.05, 0) is 25.0 Å². The summed E-state index contributed by atoms with van der Waals surface area (Å²) in [5, 5.41) is 9.32. The fraction of sp³-hybridized carbons (Fsp3) is 0.357. The number of benzene rings is 1. The Hall–Kier alpha value is -2.37. The number of carboxylic acids is 1. The summed E-state index contributed by atoms with van der Waals surface area (Å²) in [7, 11) is 0. The van der Waals surface area contributed by atoms with Crippen LogP contribution >= 0.6 is 0 Å². The molecule has 0 spiro atoms. The average Bonchev–Trinajstić information content (AvgIpc) is 2.65. The van der Waals surface area contributed by atoms with Crippen LogP contribution in [0.3, 0.4) is 0 Å². The Morgan fingerprint density at radius 1 is 1.35 bits per heavy atom. The SMILES string of the molecule is Cc1nc2cccc(C(=O)O)c2n1C(C(N)=O)C(C)C. The molecular formula is C14H17N3O3. The summed E-state index contributed by atoms with van der Waals surface area (Å²) in [5.41, 5.74) is 6.59. The monoisotopic (exact) mass is 275 g/mol. The van der Waals surface area contributed by atoms with Gasteiger partial charge in [-0.3, -0.25) is 4.79 Å². The number of fused-ring (bicyclic) bond motifs is 1. The van der Waals surface area contributed by atoms with Crippen LogP contribution in [0.15, 0.2) is 18.2 Å². The van der Waals surface area contributed by atoms with Crippen molar-refractivity contribution in [2.24, 2.45) is 11.7 Å². The molecule has 1 aromatic heterocycles.